The Morgan fingerprint density at radius 2 is 2.05 bits per heavy atom. The first-order valence-corrected chi connectivity index (χ1v) is 7.67. The second-order valence-electron chi connectivity index (χ2n) is 4.50. The number of benzene rings is 1. The fourth-order valence-electron chi connectivity index (χ4n) is 2.13. The molecule has 21 heavy (non-hydrogen) atoms. The lowest BCUT2D eigenvalue weighted by Gasteiger charge is -2.05. The molecule has 2 heterocycles. The highest BCUT2D eigenvalue weighted by Gasteiger charge is 2.21. The average molecular weight is 370 g/mol. The smallest absolute Gasteiger partial charge is 0.134 e. The van der Waals surface area contributed by atoms with Crippen molar-refractivity contribution in [3.8, 4) is 22.4 Å². The van der Waals surface area contributed by atoms with Crippen molar-refractivity contribution in [3.05, 3.63) is 45.1 Å². The summed E-state index contributed by atoms with van der Waals surface area (Å²) < 4.78 is 29.6. The Hall–Kier alpha value is -1.73. The third kappa shape index (κ3) is 2.47. The predicted molar refractivity (Wildman–Crippen MR) is 84.0 cm³/mol. The van der Waals surface area contributed by atoms with Gasteiger partial charge in [0.25, 0.3) is 0 Å². The molecule has 3 nitrogen and oxygen atoms in total. The van der Waals surface area contributed by atoms with Gasteiger partial charge in [0, 0.05) is 29.6 Å². The summed E-state index contributed by atoms with van der Waals surface area (Å²) in [7, 11) is 1.69. The Morgan fingerprint density at radius 3 is 2.67 bits per heavy atom. The van der Waals surface area contributed by atoms with Crippen LogP contribution >= 0.6 is 27.3 Å². The van der Waals surface area contributed by atoms with Crippen LogP contribution in [-0.2, 0) is 7.05 Å². The van der Waals surface area contributed by atoms with Gasteiger partial charge in [-0.25, -0.2) is 8.78 Å². The molecule has 1 aromatic carbocycles. The second kappa shape index (κ2) is 5.23. The topological polar surface area (TPSA) is 43.8 Å². The van der Waals surface area contributed by atoms with E-state index in [4.69, 9.17) is 5.73 Å². The number of aromatic nitrogens is 2. The van der Waals surface area contributed by atoms with E-state index in [-0.39, 0.29) is 5.56 Å². The molecule has 0 atom stereocenters. The van der Waals surface area contributed by atoms with Crippen molar-refractivity contribution in [2.45, 2.75) is 0 Å². The van der Waals surface area contributed by atoms with Gasteiger partial charge in [-0.3, -0.25) is 4.68 Å². The van der Waals surface area contributed by atoms with E-state index >= 15 is 0 Å². The van der Waals surface area contributed by atoms with Crippen LogP contribution in [0.1, 0.15) is 0 Å². The first-order chi connectivity index (χ1) is 9.97. The molecule has 108 valence electrons. The summed E-state index contributed by atoms with van der Waals surface area (Å²) in [5.74, 6) is -0.957. The van der Waals surface area contributed by atoms with Crippen molar-refractivity contribution in [2.75, 3.05) is 5.73 Å². The van der Waals surface area contributed by atoms with Crippen LogP contribution in [-0.4, -0.2) is 9.78 Å². The molecule has 0 spiro atoms. The fraction of sp³-hybridized carbons (Fsp3) is 0.0714. The van der Waals surface area contributed by atoms with Gasteiger partial charge in [-0.2, -0.15) is 5.10 Å². The highest BCUT2D eigenvalue weighted by molar-refractivity contribution is 9.11. The van der Waals surface area contributed by atoms with Crippen molar-refractivity contribution in [2.24, 2.45) is 7.05 Å². The maximum absolute atomic E-state index is 14.1. The number of hydrogen-bond donors (Lipinski definition) is 1. The minimum atomic E-state index is -0.662. The van der Waals surface area contributed by atoms with E-state index in [0.29, 0.717) is 17.1 Å². The van der Waals surface area contributed by atoms with Crippen LogP contribution in [0.25, 0.3) is 22.4 Å². The molecule has 0 saturated carbocycles. The van der Waals surface area contributed by atoms with Crippen LogP contribution in [0.4, 0.5) is 14.6 Å². The number of aryl methyl sites for hydroxylation is 1. The Kier molecular flexibility index (Phi) is 3.54. The van der Waals surface area contributed by atoms with E-state index in [1.165, 1.54) is 28.2 Å². The van der Waals surface area contributed by atoms with E-state index < -0.39 is 11.6 Å². The van der Waals surface area contributed by atoms with Crippen molar-refractivity contribution >= 4 is 33.1 Å². The molecule has 2 N–H and O–H groups in total. The van der Waals surface area contributed by atoms with Gasteiger partial charge >= 0.3 is 0 Å². The number of nitrogen functional groups attached to an aromatic ring is 1. The maximum atomic E-state index is 14.1. The molecule has 0 unspecified atom stereocenters. The van der Waals surface area contributed by atoms with Gasteiger partial charge in [-0.15, -0.1) is 11.3 Å². The van der Waals surface area contributed by atoms with Gasteiger partial charge in [0.05, 0.1) is 9.35 Å². The minimum Gasteiger partial charge on any atom is -0.383 e. The number of hydrogen-bond acceptors (Lipinski definition) is 3. The molecule has 0 radical (unpaired) electrons. The maximum Gasteiger partial charge on any atom is 0.134 e. The summed E-state index contributed by atoms with van der Waals surface area (Å²) in [6, 6.07) is 5.31. The summed E-state index contributed by atoms with van der Waals surface area (Å²) in [6.45, 7) is 0. The molecular weight excluding hydrogens is 360 g/mol. The predicted octanol–water partition coefficient (Wildman–Crippen LogP) is 4.44. The molecule has 0 saturated heterocycles. The number of nitrogens with two attached hydrogens (primary N) is 1. The molecule has 0 fully saturated rings. The number of thiophene rings is 1. The average Bonchev–Trinajstić information content (AvgIpc) is 2.96. The molecule has 0 amide bonds. The van der Waals surface area contributed by atoms with E-state index in [1.807, 2.05) is 11.4 Å². The highest BCUT2D eigenvalue weighted by Crippen LogP contribution is 2.39. The van der Waals surface area contributed by atoms with E-state index in [1.54, 1.807) is 7.05 Å². The lowest BCUT2D eigenvalue weighted by atomic mass is 10.0. The van der Waals surface area contributed by atoms with E-state index in [9.17, 15) is 8.78 Å². The van der Waals surface area contributed by atoms with Gasteiger partial charge in [0.2, 0.25) is 0 Å². The lowest BCUT2D eigenvalue weighted by molar-refractivity contribution is 0.585. The number of nitrogens with zero attached hydrogens (tertiary/aromatic N) is 2. The summed E-state index contributed by atoms with van der Waals surface area (Å²) in [5.41, 5.74) is 8.13. The standard InChI is InChI=1S/C14H10BrF2N3S/c1-20-14(18)12(9-3-2-8(16)5-10(9)17)13(19-20)7-4-11(15)21-6-7/h2-6H,18H2,1H3. The minimum absolute atomic E-state index is 0.235. The zero-order chi connectivity index (χ0) is 15.1. The SMILES string of the molecule is Cn1nc(-c2csc(Br)c2)c(-c2ccc(F)cc2F)c1N. The molecule has 2 aromatic heterocycles. The Bertz CT molecular complexity index is 826. The van der Waals surface area contributed by atoms with Crippen LogP contribution in [0.2, 0.25) is 0 Å². The molecular formula is C14H10BrF2N3S. The third-order valence-corrected chi connectivity index (χ3v) is 4.64. The Balaban J connectivity index is 2.26. The van der Waals surface area contributed by atoms with Gasteiger partial charge in [-0.05, 0) is 34.1 Å². The van der Waals surface area contributed by atoms with Gasteiger partial charge in [-0.1, -0.05) is 0 Å². The van der Waals surface area contributed by atoms with E-state index in [0.717, 1.165) is 15.4 Å². The van der Waals surface area contributed by atoms with Crippen molar-refractivity contribution in [1.29, 1.82) is 0 Å². The van der Waals surface area contributed by atoms with Crippen molar-refractivity contribution < 1.29 is 8.78 Å². The molecule has 0 aliphatic heterocycles. The largest absolute Gasteiger partial charge is 0.383 e. The van der Waals surface area contributed by atoms with Crippen LogP contribution in [0.3, 0.4) is 0 Å². The molecule has 7 heteroatoms. The molecule has 0 aliphatic carbocycles. The second-order valence-corrected chi connectivity index (χ2v) is 6.79. The number of anilines is 1. The first kappa shape index (κ1) is 14.2. The third-order valence-electron chi connectivity index (χ3n) is 3.13. The van der Waals surface area contributed by atoms with Crippen molar-refractivity contribution in [1.82, 2.24) is 9.78 Å². The molecule has 0 bridgehead atoms. The zero-order valence-electron chi connectivity index (χ0n) is 10.9. The summed E-state index contributed by atoms with van der Waals surface area (Å²) in [5, 5.41) is 6.25. The van der Waals surface area contributed by atoms with Gasteiger partial charge < -0.3 is 5.73 Å². The van der Waals surface area contributed by atoms with Crippen LogP contribution in [0.5, 0.6) is 0 Å². The van der Waals surface area contributed by atoms with Crippen LogP contribution < -0.4 is 5.73 Å². The molecule has 3 aromatic rings. The lowest BCUT2D eigenvalue weighted by Crippen LogP contribution is -1.98. The fourth-order valence-corrected chi connectivity index (χ4v) is 3.27. The Morgan fingerprint density at radius 1 is 1.29 bits per heavy atom. The van der Waals surface area contributed by atoms with Crippen LogP contribution in [0, 0.1) is 11.6 Å². The van der Waals surface area contributed by atoms with Crippen molar-refractivity contribution in [3.63, 3.8) is 0 Å². The highest BCUT2D eigenvalue weighted by atomic mass is 79.9. The number of rotatable bonds is 2. The van der Waals surface area contributed by atoms with E-state index in [2.05, 4.69) is 21.0 Å². The first-order valence-electron chi connectivity index (χ1n) is 5.99. The number of halogens is 3. The normalized spacial score (nSPS) is 11.0. The summed E-state index contributed by atoms with van der Waals surface area (Å²) in [6.07, 6.45) is 0. The Labute approximate surface area is 132 Å². The van der Waals surface area contributed by atoms with Gasteiger partial charge in [0.15, 0.2) is 0 Å². The zero-order valence-corrected chi connectivity index (χ0v) is 13.3. The summed E-state index contributed by atoms with van der Waals surface area (Å²) >= 11 is 4.89. The summed E-state index contributed by atoms with van der Waals surface area (Å²) in [4.78, 5) is 0. The molecule has 3 rings (SSSR count). The van der Waals surface area contributed by atoms with Gasteiger partial charge in [0.1, 0.15) is 23.1 Å². The molecule has 0 aliphatic rings. The quantitative estimate of drug-likeness (QED) is 0.725. The van der Waals surface area contributed by atoms with Crippen LogP contribution in [0.15, 0.2) is 33.4 Å². The monoisotopic (exact) mass is 369 g/mol.